The van der Waals surface area contributed by atoms with Crippen LogP contribution in [0, 0.1) is 17.7 Å². The van der Waals surface area contributed by atoms with Gasteiger partial charge in [0, 0.05) is 65.9 Å². The van der Waals surface area contributed by atoms with Crippen LogP contribution in [0.15, 0.2) is 85.2 Å². The van der Waals surface area contributed by atoms with Crippen LogP contribution in [0.1, 0.15) is 88.6 Å². The number of nitrogens with one attached hydrogen (secondary N) is 3. The van der Waals surface area contributed by atoms with Crippen LogP contribution in [0.2, 0.25) is 5.02 Å². The Hall–Kier alpha value is -7.21. The molecule has 4 atom stereocenters. The molecule has 0 radical (unpaired) electrons. The summed E-state index contributed by atoms with van der Waals surface area (Å²) in [5.41, 5.74) is 3.27. The molecule has 446 valence electrons. The number of hydrogen-bond donors (Lipinski definition) is 3. The summed E-state index contributed by atoms with van der Waals surface area (Å²) in [5, 5.41) is 17.2. The maximum absolute atomic E-state index is 16.0. The van der Waals surface area contributed by atoms with Crippen LogP contribution < -0.4 is 25.6 Å². The van der Waals surface area contributed by atoms with Crippen molar-refractivity contribution in [2.24, 2.45) is 11.8 Å². The molecule has 21 nitrogen and oxygen atoms in total. The number of nitrogens with zero attached hydrogens (tertiary/aromatic N) is 5. The number of amides is 3. The van der Waals surface area contributed by atoms with Crippen molar-refractivity contribution in [2.45, 2.75) is 90.6 Å². The number of hydrogen-bond acceptors (Lipinski definition) is 18. The van der Waals surface area contributed by atoms with Crippen molar-refractivity contribution in [3.05, 3.63) is 113 Å². The Morgan fingerprint density at radius 1 is 0.831 bits per heavy atom. The van der Waals surface area contributed by atoms with Crippen LogP contribution >= 0.6 is 11.6 Å². The first kappa shape index (κ1) is 63.4. The van der Waals surface area contributed by atoms with E-state index >= 15 is 4.39 Å². The minimum absolute atomic E-state index is 0.0379. The lowest BCUT2D eigenvalue weighted by atomic mass is 9.93. The Bertz CT molecular complexity index is 2950. The molecule has 1 aliphatic heterocycles. The zero-order valence-corrected chi connectivity index (χ0v) is 48.2. The van der Waals surface area contributed by atoms with Crippen molar-refractivity contribution >= 4 is 63.5 Å². The number of carbonyl (C=O) groups excluding carboxylic acids is 5. The van der Waals surface area contributed by atoms with Crippen LogP contribution in [0.4, 0.5) is 20.6 Å². The summed E-state index contributed by atoms with van der Waals surface area (Å²) in [6.45, 7) is 9.29. The average Bonchev–Trinajstić information content (AvgIpc) is 3.52. The van der Waals surface area contributed by atoms with E-state index in [0.29, 0.717) is 67.4 Å². The summed E-state index contributed by atoms with van der Waals surface area (Å²) in [4.78, 5) is 76.0. The molecule has 1 fully saturated rings. The Kier molecular flexibility index (Phi) is 25.3. The Morgan fingerprint density at radius 3 is 2.34 bits per heavy atom. The summed E-state index contributed by atoms with van der Waals surface area (Å²) in [6.07, 6.45) is 8.66. The second-order valence-electron chi connectivity index (χ2n) is 20.3. The van der Waals surface area contributed by atoms with Crippen LogP contribution in [-0.4, -0.2) is 148 Å². The molecule has 7 rings (SSSR count). The van der Waals surface area contributed by atoms with Gasteiger partial charge in [0.25, 0.3) is 0 Å². The van der Waals surface area contributed by atoms with Crippen LogP contribution in [0.25, 0.3) is 22.2 Å². The molecule has 3 N–H and O–H groups in total. The highest BCUT2D eigenvalue weighted by Gasteiger charge is 2.29. The number of anilines is 2. The van der Waals surface area contributed by atoms with Crippen molar-refractivity contribution < 1.29 is 66.3 Å². The number of ketones is 1. The van der Waals surface area contributed by atoms with Gasteiger partial charge in [-0.3, -0.25) is 19.2 Å². The molecule has 5 aromatic rings. The molecule has 83 heavy (non-hydrogen) atoms. The maximum Gasteiger partial charge on any atom is 0.509 e. The van der Waals surface area contributed by atoms with Gasteiger partial charge in [-0.1, -0.05) is 56.7 Å². The molecule has 3 aromatic carbocycles. The second kappa shape index (κ2) is 33.2. The van der Waals surface area contributed by atoms with Gasteiger partial charge < -0.3 is 58.7 Å². The monoisotopic (exact) mass is 1170 g/mol. The van der Waals surface area contributed by atoms with E-state index in [1.807, 2.05) is 32.0 Å². The molecule has 2 aliphatic rings. The fraction of sp³-hybridized carbons (Fsp3) is 0.483. The maximum atomic E-state index is 16.0. The number of aromatic nitrogens is 4. The molecule has 0 bridgehead atoms. The SMILES string of the molecule is COc1ccc([C@@H](OC(=O)OCc2ccc(NC(=O)[C@H](C)CCC(=O)[C@@H](NC(=O)COCCOCCOCCNC(=O)COC3CC/C=C/CCC3)C(C)C)cc2)c2cc(-c3ncnc4cc(N5CCOCC5)ccc34)c(F)cc2Cl)nn1. The molecule has 1 saturated heterocycles. The fourth-order valence-corrected chi connectivity index (χ4v) is 9.44. The number of ether oxygens (including phenoxy) is 8. The van der Waals surface area contributed by atoms with E-state index in [4.69, 9.17) is 49.5 Å². The number of carbonyl (C=O) groups is 5. The molecular weight excluding hydrogens is 1100 g/mol. The van der Waals surface area contributed by atoms with Gasteiger partial charge in [0.2, 0.25) is 23.6 Å². The predicted molar refractivity (Wildman–Crippen MR) is 307 cm³/mol. The van der Waals surface area contributed by atoms with E-state index in [9.17, 15) is 24.0 Å². The van der Waals surface area contributed by atoms with Gasteiger partial charge in [-0.05, 0) is 98.5 Å². The largest absolute Gasteiger partial charge is 0.509 e. The summed E-state index contributed by atoms with van der Waals surface area (Å²) in [6, 6.07) is 17.1. The van der Waals surface area contributed by atoms with Crippen molar-refractivity contribution in [1.82, 2.24) is 30.8 Å². The molecule has 2 aromatic heterocycles. The van der Waals surface area contributed by atoms with E-state index in [1.165, 1.54) is 31.6 Å². The number of allylic oxidation sites excluding steroid dienone is 2. The number of halogens is 2. The van der Waals surface area contributed by atoms with Gasteiger partial charge in [-0.25, -0.2) is 19.2 Å². The molecule has 1 aliphatic carbocycles. The molecule has 0 spiro atoms. The van der Waals surface area contributed by atoms with Crippen molar-refractivity contribution in [1.29, 1.82) is 0 Å². The summed E-state index contributed by atoms with van der Waals surface area (Å²) < 4.78 is 60.3. The van der Waals surface area contributed by atoms with Gasteiger partial charge in [0.05, 0.1) is 81.7 Å². The first-order valence-corrected chi connectivity index (χ1v) is 28.4. The minimum atomic E-state index is -1.32. The lowest BCUT2D eigenvalue weighted by molar-refractivity contribution is -0.132. The zero-order chi connectivity index (χ0) is 58.9. The Balaban J connectivity index is 0.814. The van der Waals surface area contributed by atoms with E-state index < -0.39 is 35.9 Å². The van der Waals surface area contributed by atoms with Crippen molar-refractivity contribution in [2.75, 3.05) is 96.4 Å². The normalized spacial score (nSPS) is 16.0. The third-order valence-corrected chi connectivity index (χ3v) is 14.2. The van der Waals surface area contributed by atoms with Crippen LogP contribution in [0.3, 0.4) is 0 Å². The number of methoxy groups -OCH3 is 1. The predicted octanol–water partition coefficient (Wildman–Crippen LogP) is 8.30. The highest BCUT2D eigenvalue weighted by Crippen LogP contribution is 2.38. The number of fused-ring (bicyclic) bond motifs is 1. The van der Waals surface area contributed by atoms with Gasteiger partial charge in [0.15, 0.2) is 11.9 Å². The van der Waals surface area contributed by atoms with Gasteiger partial charge in [-0.15, -0.1) is 10.2 Å². The lowest BCUT2D eigenvalue weighted by Crippen LogP contribution is -2.46. The lowest BCUT2D eigenvalue weighted by Gasteiger charge is -2.29. The molecular formula is C60H74ClFN8O13. The minimum Gasteiger partial charge on any atom is -0.480 e. The highest BCUT2D eigenvalue weighted by molar-refractivity contribution is 6.31. The quantitative estimate of drug-likeness (QED) is 0.0222. The molecule has 1 unspecified atom stereocenters. The number of rotatable bonds is 30. The Morgan fingerprint density at radius 2 is 1.59 bits per heavy atom. The highest BCUT2D eigenvalue weighted by atomic mass is 35.5. The Labute approximate surface area is 487 Å². The van der Waals surface area contributed by atoms with E-state index in [0.717, 1.165) is 56.9 Å². The number of morpholine rings is 1. The number of benzene rings is 3. The van der Waals surface area contributed by atoms with Crippen LogP contribution in [0.5, 0.6) is 5.88 Å². The van der Waals surface area contributed by atoms with E-state index in [1.54, 1.807) is 31.2 Å². The number of Topliss-reactive ketones (excluding diaryl/α,β-unsaturated/α-hetero) is 1. The molecule has 3 heterocycles. The van der Waals surface area contributed by atoms with E-state index in [-0.39, 0.29) is 103 Å². The topological polar surface area (TPSA) is 250 Å². The molecule has 23 heteroatoms. The van der Waals surface area contributed by atoms with Crippen LogP contribution in [-0.2, 0) is 58.9 Å². The summed E-state index contributed by atoms with van der Waals surface area (Å²) in [7, 11) is 1.43. The molecule has 3 amide bonds. The zero-order valence-electron chi connectivity index (χ0n) is 47.4. The summed E-state index contributed by atoms with van der Waals surface area (Å²) >= 11 is 6.71. The average molecular weight is 1170 g/mol. The summed E-state index contributed by atoms with van der Waals surface area (Å²) in [5.74, 6) is -2.38. The van der Waals surface area contributed by atoms with Crippen molar-refractivity contribution in [3.8, 4) is 17.1 Å². The van der Waals surface area contributed by atoms with Gasteiger partial charge in [-0.2, -0.15) is 0 Å². The van der Waals surface area contributed by atoms with Crippen molar-refractivity contribution in [3.63, 3.8) is 0 Å². The van der Waals surface area contributed by atoms with E-state index in [2.05, 4.69) is 53.2 Å². The first-order valence-electron chi connectivity index (χ1n) is 28.0. The third-order valence-electron chi connectivity index (χ3n) is 13.9. The molecule has 0 saturated carbocycles. The first-order chi connectivity index (χ1) is 40.3. The van der Waals surface area contributed by atoms with Gasteiger partial charge >= 0.3 is 6.16 Å². The third kappa shape index (κ3) is 20.0. The van der Waals surface area contributed by atoms with Gasteiger partial charge in [0.1, 0.15) is 37.7 Å². The smallest absolute Gasteiger partial charge is 0.480 e. The second-order valence-corrected chi connectivity index (χ2v) is 20.7. The standard InChI is InChI=1S/C60H74ClFN8O13/c1-39(2)56(67-54(73)36-80-31-30-79-29-28-77-25-22-63-53(72)37-81-44-10-8-6-5-7-9-11-44)52(71)20-12-40(3)59(74)66-42-15-13-41(14-16-42)35-82-60(75)83-58(50-19-21-55(76-4)69-68-50)46-33-47(49(62)34-48(46)61)57-45-18-17-43(32-51(45)64-38-65-57)70-23-26-78-27-24-70/h5-6,13-19,21,32-34,38-40,44,56,58H,7-12,20,22-31,35-37H2,1-4H3,(H,63,72)(H,66,74)(H,67,73)/b6-5+/t40-,44?,56+,58+/m1/s1. The fourth-order valence-electron chi connectivity index (χ4n) is 9.19.